The van der Waals surface area contributed by atoms with E-state index in [1.807, 2.05) is 36.4 Å². The molecule has 0 saturated carbocycles. The standard InChI is InChI=1S/C15H14N2O/c16-9-12-1-3-14(4-2-12)11-18-15-7-5-13(10-17)6-8-15/h1-8H,10-11,17H2. The molecule has 0 aliphatic rings. The summed E-state index contributed by atoms with van der Waals surface area (Å²) in [5.41, 5.74) is 8.31. The molecule has 3 heteroatoms. The lowest BCUT2D eigenvalue weighted by atomic mass is 10.1. The minimum atomic E-state index is 0.494. The van der Waals surface area contributed by atoms with Crippen molar-refractivity contribution in [3.63, 3.8) is 0 Å². The predicted octanol–water partition coefficient (Wildman–Crippen LogP) is 2.60. The molecule has 2 N–H and O–H groups in total. The summed E-state index contributed by atoms with van der Waals surface area (Å²) in [4.78, 5) is 0. The maximum Gasteiger partial charge on any atom is 0.119 e. The van der Waals surface area contributed by atoms with Gasteiger partial charge in [0.2, 0.25) is 0 Å². The predicted molar refractivity (Wildman–Crippen MR) is 69.8 cm³/mol. The van der Waals surface area contributed by atoms with E-state index in [-0.39, 0.29) is 0 Å². The van der Waals surface area contributed by atoms with E-state index in [1.54, 1.807) is 12.1 Å². The van der Waals surface area contributed by atoms with Crippen LogP contribution in [0.5, 0.6) is 5.75 Å². The largest absolute Gasteiger partial charge is 0.489 e. The Kier molecular flexibility index (Phi) is 3.95. The number of benzene rings is 2. The molecule has 0 heterocycles. The maximum atomic E-state index is 8.69. The van der Waals surface area contributed by atoms with Gasteiger partial charge in [-0.2, -0.15) is 5.26 Å². The molecule has 0 amide bonds. The van der Waals surface area contributed by atoms with Crippen molar-refractivity contribution in [1.29, 1.82) is 5.26 Å². The molecule has 3 nitrogen and oxygen atoms in total. The van der Waals surface area contributed by atoms with Crippen LogP contribution in [-0.2, 0) is 13.2 Å². The van der Waals surface area contributed by atoms with Crippen molar-refractivity contribution in [2.45, 2.75) is 13.2 Å². The summed E-state index contributed by atoms with van der Waals surface area (Å²) in [6, 6.07) is 17.2. The Morgan fingerprint density at radius 3 is 2.11 bits per heavy atom. The second-order valence-electron chi connectivity index (χ2n) is 3.95. The van der Waals surface area contributed by atoms with E-state index >= 15 is 0 Å². The van der Waals surface area contributed by atoms with E-state index in [0.717, 1.165) is 16.9 Å². The van der Waals surface area contributed by atoms with Gasteiger partial charge in [0, 0.05) is 6.54 Å². The van der Waals surface area contributed by atoms with Gasteiger partial charge in [0.1, 0.15) is 12.4 Å². The third-order valence-electron chi connectivity index (χ3n) is 2.65. The van der Waals surface area contributed by atoms with Gasteiger partial charge in [-0.25, -0.2) is 0 Å². The first-order valence-electron chi connectivity index (χ1n) is 5.72. The summed E-state index contributed by atoms with van der Waals surface area (Å²) in [5.74, 6) is 0.816. The molecule has 2 rings (SSSR count). The lowest BCUT2D eigenvalue weighted by Crippen LogP contribution is -1.97. The Hall–Kier alpha value is -2.31. The summed E-state index contributed by atoms with van der Waals surface area (Å²) in [6.45, 7) is 1.03. The Bertz CT molecular complexity index is 538. The molecule has 0 fully saturated rings. The van der Waals surface area contributed by atoms with Crippen molar-refractivity contribution in [3.05, 3.63) is 65.2 Å². The van der Waals surface area contributed by atoms with Crippen LogP contribution < -0.4 is 10.5 Å². The Labute approximate surface area is 106 Å². The molecule has 0 atom stereocenters. The van der Waals surface area contributed by atoms with Gasteiger partial charge in [-0.15, -0.1) is 0 Å². The van der Waals surface area contributed by atoms with E-state index < -0.39 is 0 Å². The van der Waals surface area contributed by atoms with Gasteiger partial charge in [-0.05, 0) is 35.4 Å². The molecule has 0 aromatic heterocycles. The second-order valence-corrected chi connectivity index (χ2v) is 3.95. The van der Waals surface area contributed by atoms with Gasteiger partial charge in [-0.3, -0.25) is 0 Å². The van der Waals surface area contributed by atoms with Crippen molar-refractivity contribution in [2.24, 2.45) is 5.73 Å². The second kappa shape index (κ2) is 5.85. The van der Waals surface area contributed by atoms with Crippen molar-refractivity contribution < 1.29 is 4.74 Å². The van der Waals surface area contributed by atoms with Crippen molar-refractivity contribution in [2.75, 3.05) is 0 Å². The van der Waals surface area contributed by atoms with Crippen molar-refractivity contribution in [3.8, 4) is 11.8 Å². The lowest BCUT2D eigenvalue weighted by Gasteiger charge is -2.07. The van der Waals surface area contributed by atoms with Gasteiger partial charge >= 0.3 is 0 Å². The van der Waals surface area contributed by atoms with Crippen LogP contribution in [0.1, 0.15) is 16.7 Å². The molecule has 0 bridgehead atoms. The molecule has 0 aliphatic carbocycles. The summed E-state index contributed by atoms with van der Waals surface area (Å²) >= 11 is 0. The summed E-state index contributed by atoms with van der Waals surface area (Å²) in [6.07, 6.45) is 0. The van der Waals surface area contributed by atoms with Crippen LogP contribution in [0.2, 0.25) is 0 Å². The average molecular weight is 238 g/mol. The van der Waals surface area contributed by atoms with Crippen LogP contribution in [0.25, 0.3) is 0 Å². The first-order chi connectivity index (χ1) is 8.81. The highest BCUT2D eigenvalue weighted by Crippen LogP contribution is 2.14. The molecular formula is C15H14N2O. The highest BCUT2D eigenvalue weighted by molar-refractivity contribution is 5.32. The van der Waals surface area contributed by atoms with E-state index in [4.69, 9.17) is 15.7 Å². The first-order valence-corrected chi connectivity index (χ1v) is 5.72. The molecular weight excluding hydrogens is 224 g/mol. The van der Waals surface area contributed by atoms with Crippen molar-refractivity contribution in [1.82, 2.24) is 0 Å². The monoisotopic (exact) mass is 238 g/mol. The maximum absolute atomic E-state index is 8.69. The molecule has 90 valence electrons. The number of hydrogen-bond donors (Lipinski definition) is 1. The number of nitrogens with zero attached hydrogens (tertiary/aromatic N) is 1. The fraction of sp³-hybridized carbons (Fsp3) is 0.133. The highest BCUT2D eigenvalue weighted by Gasteiger charge is 1.97. The topological polar surface area (TPSA) is 59.0 Å². The van der Waals surface area contributed by atoms with Crippen LogP contribution in [-0.4, -0.2) is 0 Å². The molecule has 0 aliphatic heterocycles. The van der Waals surface area contributed by atoms with Crippen LogP contribution in [0, 0.1) is 11.3 Å². The Balaban J connectivity index is 1.95. The van der Waals surface area contributed by atoms with Gasteiger partial charge < -0.3 is 10.5 Å². The van der Waals surface area contributed by atoms with E-state index in [2.05, 4.69) is 6.07 Å². The summed E-state index contributed by atoms with van der Waals surface area (Å²) in [5, 5.41) is 8.69. The van der Waals surface area contributed by atoms with Gasteiger partial charge in [0.15, 0.2) is 0 Å². The Morgan fingerprint density at radius 2 is 1.56 bits per heavy atom. The lowest BCUT2D eigenvalue weighted by molar-refractivity contribution is 0.306. The Morgan fingerprint density at radius 1 is 0.944 bits per heavy atom. The van der Waals surface area contributed by atoms with Gasteiger partial charge in [0.25, 0.3) is 0 Å². The number of hydrogen-bond acceptors (Lipinski definition) is 3. The first kappa shape index (κ1) is 12.2. The molecule has 2 aromatic rings. The molecule has 18 heavy (non-hydrogen) atoms. The third kappa shape index (κ3) is 3.09. The molecule has 0 radical (unpaired) electrons. The highest BCUT2D eigenvalue weighted by atomic mass is 16.5. The third-order valence-corrected chi connectivity index (χ3v) is 2.65. The normalized spacial score (nSPS) is 9.78. The van der Waals surface area contributed by atoms with E-state index in [0.29, 0.717) is 18.7 Å². The number of nitriles is 1. The minimum absolute atomic E-state index is 0.494. The zero-order chi connectivity index (χ0) is 12.8. The SMILES string of the molecule is N#Cc1ccc(COc2ccc(CN)cc2)cc1. The zero-order valence-electron chi connectivity index (χ0n) is 9.97. The average Bonchev–Trinajstić information content (AvgIpc) is 2.46. The summed E-state index contributed by atoms with van der Waals surface area (Å²) in [7, 11) is 0. The molecule has 0 unspecified atom stereocenters. The minimum Gasteiger partial charge on any atom is -0.489 e. The molecule has 0 saturated heterocycles. The van der Waals surface area contributed by atoms with E-state index in [9.17, 15) is 0 Å². The number of ether oxygens (including phenoxy) is 1. The van der Waals surface area contributed by atoms with Crippen LogP contribution in [0.15, 0.2) is 48.5 Å². The molecule has 2 aromatic carbocycles. The van der Waals surface area contributed by atoms with Crippen molar-refractivity contribution >= 4 is 0 Å². The zero-order valence-corrected chi connectivity index (χ0v) is 9.97. The quantitative estimate of drug-likeness (QED) is 0.890. The summed E-state index contributed by atoms with van der Waals surface area (Å²) < 4.78 is 5.64. The van der Waals surface area contributed by atoms with Gasteiger partial charge in [0.05, 0.1) is 11.6 Å². The van der Waals surface area contributed by atoms with Crippen LogP contribution in [0.3, 0.4) is 0 Å². The van der Waals surface area contributed by atoms with Gasteiger partial charge in [-0.1, -0.05) is 24.3 Å². The number of nitrogens with two attached hydrogens (primary N) is 1. The molecule has 0 spiro atoms. The van der Waals surface area contributed by atoms with E-state index in [1.165, 1.54) is 0 Å². The fourth-order valence-electron chi connectivity index (χ4n) is 1.56. The smallest absolute Gasteiger partial charge is 0.119 e. The van der Waals surface area contributed by atoms with Crippen LogP contribution >= 0.6 is 0 Å². The van der Waals surface area contributed by atoms with Crippen LogP contribution in [0.4, 0.5) is 0 Å². The number of rotatable bonds is 4. The fourth-order valence-corrected chi connectivity index (χ4v) is 1.56.